The fourth-order valence-corrected chi connectivity index (χ4v) is 1.56. The molecule has 0 spiro atoms. The first kappa shape index (κ1) is 15.0. The maximum atomic E-state index is 11.9. The average molecular weight is 265 g/mol. The van der Waals surface area contributed by atoms with Crippen LogP contribution in [0.5, 0.6) is 11.5 Å². The van der Waals surface area contributed by atoms with Crippen LogP contribution in [-0.2, 0) is 4.79 Å². The fraction of sp³-hybridized carbons (Fsp3) is 0.357. The summed E-state index contributed by atoms with van der Waals surface area (Å²) in [6.45, 7) is 4.03. The molecule has 1 amide bonds. The third-order valence-corrected chi connectivity index (χ3v) is 2.49. The van der Waals surface area contributed by atoms with Crippen LogP contribution in [0.15, 0.2) is 36.9 Å². The molecule has 5 heteroatoms. The van der Waals surface area contributed by atoms with Gasteiger partial charge in [0.05, 0.1) is 13.7 Å². The molecule has 1 aromatic rings. The van der Waals surface area contributed by atoms with E-state index in [2.05, 4.69) is 6.58 Å². The van der Waals surface area contributed by atoms with E-state index in [1.54, 1.807) is 31.4 Å². The Morgan fingerprint density at radius 3 is 2.68 bits per heavy atom. The Balaban J connectivity index is 2.59. The number of aliphatic hydroxyl groups is 1. The van der Waals surface area contributed by atoms with E-state index in [4.69, 9.17) is 14.6 Å². The fourth-order valence-electron chi connectivity index (χ4n) is 1.56. The van der Waals surface area contributed by atoms with Crippen molar-refractivity contribution in [2.75, 3.05) is 33.4 Å². The van der Waals surface area contributed by atoms with Gasteiger partial charge in [0.15, 0.2) is 18.1 Å². The molecule has 0 radical (unpaired) electrons. The van der Waals surface area contributed by atoms with E-state index in [1.807, 2.05) is 6.07 Å². The number of ether oxygens (including phenoxy) is 2. The summed E-state index contributed by atoms with van der Waals surface area (Å²) in [6.07, 6.45) is 1.61. The van der Waals surface area contributed by atoms with Gasteiger partial charge in [0, 0.05) is 13.1 Å². The van der Waals surface area contributed by atoms with Crippen LogP contribution in [-0.4, -0.2) is 49.3 Å². The Morgan fingerprint density at radius 1 is 1.42 bits per heavy atom. The molecule has 5 nitrogen and oxygen atoms in total. The Kier molecular flexibility index (Phi) is 6.46. The predicted molar refractivity (Wildman–Crippen MR) is 72.4 cm³/mol. The van der Waals surface area contributed by atoms with Crippen LogP contribution >= 0.6 is 0 Å². The molecule has 1 N–H and O–H groups in total. The molecule has 0 saturated heterocycles. The van der Waals surface area contributed by atoms with Crippen molar-refractivity contribution in [3.05, 3.63) is 36.9 Å². The number of aliphatic hydroxyl groups excluding tert-OH is 1. The molecule has 0 heterocycles. The van der Waals surface area contributed by atoms with Gasteiger partial charge in [0.2, 0.25) is 0 Å². The quantitative estimate of drug-likeness (QED) is 0.715. The number of methoxy groups -OCH3 is 1. The lowest BCUT2D eigenvalue weighted by Crippen LogP contribution is -2.37. The van der Waals surface area contributed by atoms with Gasteiger partial charge in [0.1, 0.15) is 0 Å². The molecule has 0 aliphatic carbocycles. The lowest BCUT2D eigenvalue weighted by Gasteiger charge is -2.20. The molecule has 0 unspecified atom stereocenters. The summed E-state index contributed by atoms with van der Waals surface area (Å²) in [7, 11) is 1.54. The number of carbonyl (C=O) groups excluding carboxylic acids is 1. The number of hydrogen-bond acceptors (Lipinski definition) is 4. The zero-order chi connectivity index (χ0) is 14.1. The molecular weight excluding hydrogens is 246 g/mol. The van der Waals surface area contributed by atoms with Crippen molar-refractivity contribution in [1.29, 1.82) is 0 Å². The maximum absolute atomic E-state index is 11.9. The van der Waals surface area contributed by atoms with Gasteiger partial charge in [-0.1, -0.05) is 18.2 Å². The molecule has 0 aliphatic rings. The molecule has 19 heavy (non-hydrogen) atoms. The third-order valence-electron chi connectivity index (χ3n) is 2.49. The van der Waals surface area contributed by atoms with Crippen LogP contribution in [0.2, 0.25) is 0 Å². The van der Waals surface area contributed by atoms with Gasteiger partial charge in [0.25, 0.3) is 5.91 Å². The minimum absolute atomic E-state index is 0.0890. The number of benzene rings is 1. The molecule has 0 aromatic heterocycles. The van der Waals surface area contributed by atoms with Crippen molar-refractivity contribution in [3.8, 4) is 11.5 Å². The SMILES string of the molecule is C=CCN(CCO)C(=O)COc1ccccc1OC. The zero-order valence-electron chi connectivity index (χ0n) is 11.0. The summed E-state index contributed by atoms with van der Waals surface area (Å²) in [6, 6.07) is 7.12. The van der Waals surface area contributed by atoms with Crippen molar-refractivity contribution in [1.82, 2.24) is 4.90 Å². The van der Waals surface area contributed by atoms with E-state index in [-0.39, 0.29) is 25.7 Å². The van der Waals surface area contributed by atoms with E-state index in [0.29, 0.717) is 18.0 Å². The van der Waals surface area contributed by atoms with Crippen molar-refractivity contribution in [2.24, 2.45) is 0 Å². The van der Waals surface area contributed by atoms with Gasteiger partial charge in [-0.05, 0) is 12.1 Å². The summed E-state index contributed by atoms with van der Waals surface area (Å²) in [5, 5.41) is 8.89. The van der Waals surface area contributed by atoms with Crippen LogP contribution in [0, 0.1) is 0 Å². The second kappa shape index (κ2) is 8.16. The van der Waals surface area contributed by atoms with Crippen LogP contribution < -0.4 is 9.47 Å². The number of hydrogen-bond donors (Lipinski definition) is 1. The van der Waals surface area contributed by atoms with Crippen LogP contribution in [0.3, 0.4) is 0 Å². The Morgan fingerprint density at radius 2 is 2.11 bits per heavy atom. The van der Waals surface area contributed by atoms with Crippen LogP contribution in [0.4, 0.5) is 0 Å². The van der Waals surface area contributed by atoms with Crippen LogP contribution in [0.25, 0.3) is 0 Å². The number of para-hydroxylation sites is 2. The number of nitrogens with zero attached hydrogens (tertiary/aromatic N) is 1. The topological polar surface area (TPSA) is 59.0 Å². The molecule has 1 rings (SSSR count). The van der Waals surface area contributed by atoms with E-state index in [9.17, 15) is 4.79 Å². The number of amides is 1. The van der Waals surface area contributed by atoms with E-state index in [0.717, 1.165) is 0 Å². The van der Waals surface area contributed by atoms with Crippen molar-refractivity contribution >= 4 is 5.91 Å². The van der Waals surface area contributed by atoms with Crippen molar-refractivity contribution in [2.45, 2.75) is 0 Å². The minimum atomic E-state index is -0.208. The normalized spacial score (nSPS) is 9.79. The molecule has 0 aliphatic heterocycles. The van der Waals surface area contributed by atoms with Gasteiger partial charge in [-0.3, -0.25) is 4.79 Å². The number of rotatable bonds is 8. The van der Waals surface area contributed by atoms with Crippen molar-refractivity contribution in [3.63, 3.8) is 0 Å². The third kappa shape index (κ3) is 4.63. The molecule has 104 valence electrons. The second-order valence-electron chi connectivity index (χ2n) is 3.79. The minimum Gasteiger partial charge on any atom is -0.493 e. The first-order chi connectivity index (χ1) is 9.22. The van der Waals surface area contributed by atoms with Gasteiger partial charge in [-0.15, -0.1) is 6.58 Å². The summed E-state index contributed by atoms with van der Waals surface area (Å²) >= 11 is 0. The van der Waals surface area contributed by atoms with E-state index >= 15 is 0 Å². The summed E-state index contributed by atoms with van der Waals surface area (Å²) in [5.74, 6) is 0.883. The molecular formula is C14H19NO4. The highest BCUT2D eigenvalue weighted by Crippen LogP contribution is 2.25. The predicted octanol–water partition coefficient (Wildman–Crippen LogP) is 1.08. The Labute approximate surface area is 113 Å². The maximum Gasteiger partial charge on any atom is 0.260 e. The highest BCUT2D eigenvalue weighted by atomic mass is 16.5. The average Bonchev–Trinajstić information content (AvgIpc) is 2.44. The Bertz CT molecular complexity index is 420. The standard InChI is InChI=1S/C14H19NO4/c1-3-8-15(9-10-16)14(17)11-19-13-7-5-4-6-12(13)18-2/h3-7,16H,1,8-11H2,2H3. The first-order valence-corrected chi connectivity index (χ1v) is 5.98. The van der Waals surface area contributed by atoms with E-state index < -0.39 is 0 Å². The second-order valence-corrected chi connectivity index (χ2v) is 3.79. The van der Waals surface area contributed by atoms with Gasteiger partial charge >= 0.3 is 0 Å². The zero-order valence-corrected chi connectivity index (χ0v) is 11.0. The smallest absolute Gasteiger partial charge is 0.260 e. The first-order valence-electron chi connectivity index (χ1n) is 5.98. The molecule has 0 fully saturated rings. The largest absolute Gasteiger partial charge is 0.493 e. The lowest BCUT2D eigenvalue weighted by molar-refractivity contribution is -0.133. The molecule has 1 aromatic carbocycles. The monoisotopic (exact) mass is 265 g/mol. The summed E-state index contributed by atoms with van der Waals surface area (Å²) in [5.41, 5.74) is 0. The van der Waals surface area contributed by atoms with Crippen molar-refractivity contribution < 1.29 is 19.4 Å². The Hall–Kier alpha value is -2.01. The van der Waals surface area contributed by atoms with Crippen LogP contribution in [0.1, 0.15) is 0 Å². The van der Waals surface area contributed by atoms with Gasteiger partial charge in [-0.25, -0.2) is 0 Å². The van der Waals surface area contributed by atoms with E-state index in [1.165, 1.54) is 4.90 Å². The summed E-state index contributed by atoms with van der Waals surface area (Å²) < 4.78 is 10.6. The molecule has 0 saturated carbocycles. The highest BCUT2D eigenvalue weighted by Gasteiger charge is 2.13. The lowest BCUT2D eigenvalue weighted by atomic mass is 10.3. The number of carbonyl (C=O) groups is 1. The molecule has 0 bridgehead atoms. The van der Waals surface area contributed by atoms with Gasteiger partial charge in [-0.2, -0.15) is 0 Å². The molecule has 0 atom stereocenters. The highest BCUT2D eigenvalue weighted by molar-refractivity contribution is 5.78. The van der Waals surface area contributed by atoms with Gasteiger partial charge < -0.3 is 19.5 Å². The summed E-state index contributed by atoms with van der Waals surface area (Å²) in [4.78, 5) is 13.4.